The highest BCUT2D eigenvalue weighted by Crippen LogP contribution is 2.03. The number of hydroxylamine groups is 3. The Hall–Kier alpha value is -0.170. The third-order valence-corrected chi connectivity index (χ3v) is 3.00. The van der Waals surface area contributed by atoms with Gasteiger partial charge in [0, 0.05) is 6.26 Å². The van der Waals surface area contributed by atoms with E-state index in [0.717, 1.165) is 0 Å². The molecule has 14 heavy (non-hydrogen) atoms. The van der Waals surface area contributed by atoms with Gasteiger partial charge < -0.3 is 15.0 Å². The summed E-state index contributed by atoms with van der Waals surface area (Å²) >= 11 is 0. The minimum atomic E-state index is -2.91. The molecule has 0 radical (unpaired) electrons. The van der Waals surface area contributed by atoms with Crippen molar-refractivity contribution in [2.75, 3.05) is 38.8 Å². The molecule has 0 bridgehead atoms. The predicted molar refractivity (Wildman–Crippen MR) is 55.3 cm³/mol. The quantitative estimate of drug-likeness (QED) is 0.368. The van der Waals surface area contributed by atoms with E-state index in [1.54, 1.807) is 0 Å². The normalized spacial score (nSPS) is 16.6. The molecule has 86 valence electrons. The Morgan fingerprint density at radius 3 is 2.29 bits per heavy atom. The van der Waals surface area contributed by atoms with Crippen LogP contribution in [0.4, 0.5) is 0 Å². The van der Waals surface area contributed by atoms with E-state index in [1.165, 1.54) is 13.3 Å². The molecule has 0 aliphatic carbocycles. The van der Waals surface area contributed by atoms with Crippen LogP contribution in [0.25, 0.3) is 0 Å². The van der Waals surface area contributed by atoms with Gasteiger partial charge in [0.2, 0.25) is 0 Å². The molecule has 0 aromatic rings. The lowest BCUT2D eigenvalue weighted by Crippen LogP contribution is -2.40. The topological polar surface area (TPSA) is 77.4 Å². The average Bonchev–Trinajstić information content (AvgIpc) is 1.96. The summed E-state index contributed by atoms with van der Waals surface area (Å²) in [6, 6.07) is 0. The Balaban J connectivity index is 3.64. The van der Waals surface area contributed by atoms with E-state index in [-0.39, 0.29) is 18.9 Å². The molecule has 0 rings (SSSR count). The van der Waals surface area contributed by atoms with Crippen LogP contribution in [0.15, 0.2) is 0 Å². The van der Waals surface area contributed by atoms with E-state index >= 15 is 0 Å². The maximum absolute atomic E-state index is 11.5. The molecule has 6 heteroatoms. The highest BCUT2D eigenvalue weighted by molar-refractivity contribution is 7.90. The van der Waals surface area contributed by atoms with E-state index in [4.69, 9.17) is 5.11 Å². The first-order chi connectivity index (χ1) is 6.27. The fourth-order valence-electron chi connectivity index (χ4n) is 1.13. The van der Waals surface area contributed by atoms with Crippen LogP contribution in [-0.2, 0) is 9.84 Å². The minimum Gasteiger partial charge on any atom is -0.633 e. The zero-order chi connectivity index (χ0) is 11.2. The van der Waals surface area contributed by atoms with Crippen molar-refractivity contribution in [2.24, 2.45) is 0 Å². The number of rotatable bonds is 7. The largest absolute Gasteiger partial charge is 0.633 e. The van der Waals surface area contributed by atoms with Crippen LogP contribution in [0.1, 0.15) is 12.8 Å². The number of aliphatic hydroxyl groups is 1. The first-order valence-electron chi connectivity index (χ1n) is 4.61. The van der Waals surface area contributed by atoms with Crippen molar-refractivity contribution in [2.45, 2.75) is 12.8 Å². The smallest absolute Gasteiger partial charge is 0.147 e. The van der Waals surface area contributed by atoms with Crippen LogP contribution in [0.3, 0.4) is 0 Å². The number of hydrogen-bond acceptors (Lipinski definition) is 4. The lowest BCUT2D eigenvalue weighted by molar-refractivity contribution is -0.861. The van der Waals surface area contributed by atoms with Gasteiger partial charge in [0.25, 0.3) is 0 Å². The van der Waals surface area contributed by atoms with Gasteiger partial charge in [0.1, 0.15) is 16.4 Å². The fourth-order valence-corrected chi connectivity index (χ4v) is 1.86. The second kappa shape index (κ2) is 5.65. The lowest BCUT2D eigenvalue weighted by Gasteiger charge is -2.38. The molecule has 0 aromatic heterocycles. The van der Waals surface area contributed by atoms with Gasteiger partial charge in [-0.05, 0) is 12.8 Å². The van der Waals surface area contributed by atoms with Crippen molar-refractivity contribution in [3.63, 3.8) is 0 Å². The number of aliphatic hydroxyl groups excluding tert-OH is 1. The molecule has 1 atom stereocenters. The number of hydrogen-bond donors (Lipinski definition) is 1. The van der Waals surface area contributed by atoms with E-state index in [1.807, 2.05) is 0 Å². The van der Waals surface area contributed by atoms with Crippen molar-refractivity contribution in [3.05, 3.63) is 5.21 Å². The number of likely N-dealkylation sites (N-methyl/N-ethyl adjacent to an activating group) is 1. The van der Waals surface area contributed by atoms with Crippen LogP contribution in [0.5, 0.6) is 0 Å². The van der Waals surface area contributed by atoms with Gasteiger partial charge in [-0.3, -0.25) is 0 Å². The molecule has 0 amide bonds. The Labute approximate surface area is 85.4 Å². The zero-order valence-electron chi connectivity index (χ0n) is 8.77. The van der Waals surface area contributed by atoms with Gasteiger partial charge in [-0.2, -0.15) is 0 Å². The van der Waals surface area contributed by atoms with E-state index in [2.05, 4.69) is 0 Å². The lowest BCUT2D eigenvalue weighted by atomic mass is 10.3. The summed E-state index contributed by atoms with van der Waals surface area (Å²) in [6.07, 6.45) is 2.28. The Bertz CT molecular complexity index is 248. The van der Waals surface area contributed by atoms with Crippen molar-refractivity contribution >= 4 is 9.84 Å². The van der Waals surface area contributed by atoms with Gasteiger partial charge in [0.05, 0.1) is 26.0 Å². The van der Waals surface area contributed by atoms with Crippen LogP contribution < -0.4 is 0 Å². The maximum atomic E-state index is 11.5. The Kier molecular flexibility index (Phi) is 5.58. The highest BCUT2D eigenvalue weighted by Gasteiger charge is 2.09. The maximum Gasteiger partial charge on any atom is 0.147 e. The number of quaternary nitrogens is 1. The number of nitrogens with zero attached hydrogens (tertiary/aromatic N) is 1. The summed E-state index contributed by atoms with van der Waals surface area (Å²) in [5.41, 5.74) is 0. The van der Waals surface area contributed by atoms with E-state index in [9.17, 15) is 13.6 Å². The molecule has 0 saturated heterocycles. The SMILES string of the molecule is C[N+]([O-])(CCO)CCCCS(C)(=O)=O. The van der Waals surface area contributed by atoms with Crippen LogP contribution in [-0.4, -0.2) is 56.9 Å². The molecule has 0 heterocycles. The molecule has 0 aliphatic rings. The van der Waals surface area contributed by atoms with Gasteiger partial charge in [0.15, 0.2) is 0 Å². The molecule has 0 fully saturated rings. The molecule has 0 spiro atoms. The van der Waals surface area contributed by atoms with Crippen LogP contribution in [0.2, 0.25) is 0 Å². The minimum absolute atomic E-state index is 0.131. The van der Waals surface area contributed by atoms with Crippen molar-refractivity contribution in [3.8, 4) is 0 Å². The summed E-state index contributed by atoms with van der Waals surface area (Å²) in [6.45, 7) is 0.390. The van der Waals surface area contributed by atoms with E-state index < -0.39 is 14.5 Å². The van der Waals surface area contributed by atoms with Crippen LogP contribution in [0, 0.1) is 5.21 Å². The standard InChI is InChI=1S/C8H19NO4S/c1-9(11,6-7-10)5-3-4-8-14(2,12)13/h10H,3-8H2,1-2H3. The van der Waals surface area contributed by atoms with Crippen molar-refractivity contribution in [1.29, 1.82) is 0 Å². The van der Waals surface area contributed by atoms with E-state index in [0.29, 0.717) is 19.4 Å². The summed E-state index contributed by atoms with van der Waals surface area (Å²) in [4.78, 5) is 0. The first kappa shape index (κ1) is 13.8. The average molecular weight is 225 g/mol. The Morgan fingerprint density at radius 1 is 1.29 bits per heavy atom. The third-order valence-electron chi connectivity index (χ3n) is 1.97. The third kappa shape index (κ3) is 8.43. The number of sulfone groups is 1. The summed E-state index contributed by atoms with van der Waals surface area (Å²) in [7, 11) is -1.43. The molecule has 5 nitrogen and oxygen atoms in total. The Morgan fingerprint density at radius 2 is 1.86 bits per heavy atom. The zero-order valence-corrected chi connectivity index (χ0v) is 9.59. The second-order valence-corrected chi connectivity index (χ2v) is 6.06. The molecular formula is C8H19NO4S. The highest BCUT2D eigenvalue weighted by atomic mass is 32.2. The monoisotopic (exact) mass is 225 g/mol. The second-order valence-electron chi connectivity index (χ2n) is 3.80. The fraction of sp³-hybridized carbons (Fsp3) is 1.00. The van der Waals surface area contributed by atoms with Gasteiger partial charge >= 0.3 is 0 Å². The molecule has 0 saturated carbocycles. The van der Waals surface area contributed by atoms with Crippen LogP contribution >= 0.6 is 0 Å². The molecule has 1 N–H and O–H groups in total. The van der Waals surface area contributed by atoms with Gasteiger partial charge in [-0.15, -0.1) is 0 Å². The van der Waals surface area contributed by atoms with Gasteiger partial charge in [-0.25, -0.2) is 8.42 Å². The molecule has 0 aliphatic heterocycles. The molecule has 1 unspecified atom stereocenters. The summed E-state index contributed by atoms with van der Waals surface area (Å²) in [5, 5.41) is 20.0. The molecule has 0 aromatic carbocycles. The summed E-state index contributed by atoms with van der Waals surface area (Å²) in [5.74, 6) is 0.131. The predicted octanol–water partition coefficient (Wildman–Crippen LogP) is -0.252. The first-order valence-corrected chi connectivity index (χ1v) is 6.67. The molecular weight excluding hydrogens is 206 g/mol. The van der Waals surface area contributed by atoms with Crippen molar-refractivity contribution in [1.82, 2.24) is 0 Å². The van der Waals surface area contributed by atoms with Crippen molar-refractivity contribution < 1.29 is 18.2 Å². The number of unbranched alkanes of at least 4 members (excludes halogenated alkanes) is 1. The summed E-state index contributed by atoms with van der Waals surface area (Å²) < 4.78 is 21.0. The van der Waals surface area contributed by atoms with Gasteiger partial charge in [-0.1, -0.05) is 0 Å².